The standard InChI is InChI=1S/C22H30N6O3/c1-16-13-25(8-9-26(16)15-18-3-2-10-31-18)14-17-4-7-28-19(11-17)20(12-23-28)27-6-5-21(29)24-22(27)30/h4,7,11-12,16,18H,2-3,5-6,8-10,13-15H2,1H3,(H,24,29,30)/t16-,18?/m0/s1. The lowest BCUT2D eigenvalue weighted by molar-refractivity contribution is -0.120. The Hall–Kier alpha value is -2.49. The number of nitrogens with zero attached hydrogens (tertiary/aromatic N) is 5. The second-order valence-electron chi connectivity index (χ2n) is 8.86. The Morgan fingerprint density at radius 3 is 2.94 bits per heavy atom. The van der Waals surface area contributed by atoms with Crippen molar-refractivity contribution in [3.8, 4) is 0 Å². The zero-order valence-electron chi connectivity index (χ0n) is 18.0. The number of urea groups is 1. The first-order valence-corrected chi connectivity index (χ1v) is 11.2. The van der Waals surface area contributed by atoms with Crippen LogP contribution in [0.2, 0.25) is 0 Å². The summed E-state index contributed by atoms with van der Waals surface area (Å²) in [5.41, 5.74) is 2.82. The smallest absolute Gasteiger partial charge is 0.328 e. The predicted octanol–water partition coefficient (Wildman–Crippen LogP) is 1.47. The van der Waals surface area contributed by atoms with Gasteiger partial charge in [-0.2, -0.15) is 5.10 Å². The molecule has 0 spiro atoms. The van der Waals surface area contributed by atoms with E-state index in [4.69, 9.17) is 4.74 Å². The number of pyridine rings is 1. The van der Waals surface area contributed by atoms with Crippen LogP contribution in [0.5, 0.6) is 0 Å². The third kappa shape index (κ3) is 4.30. The molecule has 2 aromatic rings. The number of hydrogen-bond acceptors (Lipinski definition) is 6. The summed E-state index contributed by atoms with van der Waals surface area (Å²) in [6.07, 6.45) is 6.71. The number of amides is 3. The summed E-state index contributed by atoms with van der Waals surface area (Å²) in [6, 6.07) is 4.32. The number of aromatic nitrogens is 2. The van der Waals surface area contributed by atoms with Gasteiger partial charge in [-0.05, 0) is 37.5 Å². The second kappa shape index (κ2) is 8.57. The number of carbonyl (C=O) groups is 2. The molecule has 3 saturated heterocycles. The third-order valence-corrected chi connectivity index (χ3v) is 6.63. The fourth-order valence-electron chi connectivity index (χ4n) is 4.91. The Kier molecular flexibility index (Phi) is 5.64. The Balaban J connectivity index is 1.26. The first-order chi connectivity index (χ1) is 15.1. The topological polar surface area (TPSA) is 82.4 Å². The van der Waals surface area contributed by atoms with Crippen LogP contribution in [0.3, 0.4) is 0 Å². The molecule has 0 aliphatic carbocycles. The van der Waals surface area contributed by atoms with Gasteiger partial charge in [-0.25, -0.2) is 9.31 Å². The van der Waals surface area contributed by atoms with Crippen LogP contribution >= 0.6 is 0 Å². The van der Waals surface area contributed by atoms with Crippen molar-refractivity contribution < 1.29 is 14.3 Å². The normalized spacial score (nSPS) is 26.0. The number of imide groups is 1. The highest BCUT2D eigenvalue weighted by Crippen LogP contribution is 2.25. The van der Waals surface area contributed by atoms with Gasteiger partial charge >= 0.3 is 6.03 Å². The molecule has 166 valence electrons. The average molecular weight is 427 g/mol. The van der Waals surface area contributed by atoms with Crippen LogP contribution < -0.4 is 10.2 Å². The fourth-order valence-corrected chi connectivity index (χ4v) is 4.91. The average Bonchev–Trinajstić information content (AvgIpc) is 3.40. The van der Waals surface area contributed by atoms with Crippen molar-refractivity contribution in [1.29, 1.82) is 0 Å². The van der Waals surface area contributed by atoms with Crippen LogP contribution in [0.25, 0.3) is 5.52 Å². The number of hydrogen-bond donors (Lipinski definition) is 1. The van der Waals surface area contributed by atoms with Crippen molar-refractivity contribution in [2.45, 2.75) is 44.9 Å². The Morgan fingerprint density at radius 1 is 1.26 bits per heavy atom. The first kappa shape index (κ1) is 20.4. The molecule has 1 unspecified atom stereocenters. The molecule has 2 atom stereocenters. The van der Waals surface area contributed by atoms with Gasteiger partial charge in [-0.1, -0.05) is 0 Å². The van der Waals surface area contributed by atoms with Gasteiger partial charge in [0, 0.05) is 64.5 Å². The molecule has 2 aromatic heterocycles. The molecule has 9 nitrogen and oxygen atoms in total. The summed E-state index contributed by atoms with van der Waals surface area (Å²) in [5, 5.41) is 6.77. The molecule has 0 aromatic carbocycles. The Labute approximate surface area is 181 Å². The molecule has 5 rings (SSSR count). The van der Waals surface area contributed by atoms with Gasteiger partial charge in [0.1, 0.15) is 0 Å². The number of fused-ring (bicyclic) bond motifs is 1. The quantitative estimate of drug-likeness (QED) is 0.780. The minimum Gasteiger partial charge on any atom is -0.377 e. The lowest BCUT2D eigenvalue weighted by atomic mass is 10.1. The van der Waals surface area contributed by atoms with Gasteiger partial charge in [0.05, 0.1) is 23.5 Å². The van der Waals surface area contributed by atoms with E-state index in [0.717, 1.165) is 50.5 Å². The van der Waals surface area contributed by atoms with E-state index >= 15 is 0 Å². The molecule has 1 N–H and O–H groups in total. The van der Waals surface area contributed by atoms with E-state index < -0.39 is 0 Å². The largest absolute Gasteiger partial charge is 0.377 e. The number of anilines is 1. The SMILES string of the molecule is C[C@H]1CN(Cc2ccn3ncc(N4CCC(=O)NC4=O)c3c2)CCN1CC1CCCO1. The minimum atomic E-state index is -0.382. The molecular formula is C22H30N6O3. The van der Waals surface area contributed by atoms with Crippen molar-refractivity contribution >= 4 is 23.1 Å². The maximum absolute atomic E-state index is 12.3. The summed E-state index contributed by atoms with van der Waals surface area (Å²) in [6.45, 7) is 8.61. The molecule has 3 fully saturated rings. The van der Waals surface area contributed by atoms with Crippen LogP contribution in [0.1, 0.15) is 31.7 Å². The van der Waals surface area contributed by atoms with E-state index in [9.17, 15) is 9.59 Å². The van der Waals surface area contributed by atoms with Crippen LogP contribution in [-0.4, -0.2) is 82.8 Å². The van der Waals surface area contributed by atoms with Gasteiger partial charge in [0.2, 0.25) is 5.91 Å². The lowest BCUT2D eigenvalue weighted by Crippen LogP contribution is -2.53. The monoisotopic (exact) mass is 426 g/mol. The first-order valence-electron chi connectivity index (χ1n) is 11.2. The molecule has 9 heteroatoms. The minimum absolute atomic E-state index is 0.230. The molecule has 0 bridgehead atoms. The summed E-state index contributed by atoms with van der Waals surface area (Å²) in [5.74, 6) is -0.230. The van der Waals surface area contributed by atoms with Gasteiger partial charge in [-0.15, -0.1) is 0 Å². The third-order valence-electron chi connectivity index (χ3n) is 6.63. The number of carbonyl (C=O) groups excluding carboxylic acids is 2. The van der Waals surface area contributed by atoms with Gasteiger partial charge in [0.15, 0.2) is 0 Å². The number of ether oxygens (including phenoxy) is 1. The van der Waals surface area contributed by atoms with Crippen molar-refractivity contribution in [2.75, 3.05) is 44.2 Å². The molecule has 31 heavy (non-hydrogen) atoms. The molecule has 3 aliphatic rings. The molecule has 0 saturated carbocycles. The van der Waals surface area contributed by atoms with E-state index in [2.05, 4.69) is 39.3 Å². The Bertz CT molecular complexity index is 969. The van der Waals surface area contributed by atoms with E-state index in [0.29, 0.717) is 25.1 Å². The summed E-state index contributed by atoms with van der Waals surface area (Å²) in [4.78, 5) is 30.4. The molecular weight excluding hydrogens is 396 g/mol. The molecule has 3 aliphatic heterocycles. The molecule has 0 radical (unpaired) electrons. The fraction of sp³-hybridized carbons (Fsp3) is 0.591. The van der Waals surface area contributed by atoms with E-state index in [1.807, 2.05) is 6.20 Å². The zero-order valence-corrected chi connectivity index (χ0v) is 18.0. The summed E-state index contributed by atoms with van der Waals surface area (Å²) < 4.78 is 7.60. The van der Waals surface area contributed by atoms with Crippen molar-refractivity contribution in [3.05, 3.63) is 30.1 Å². The molecule has 5 heterocycles. The van der Waals surface area contributed by atoms with E-state index in [1.165, 1.54) is 18.4 Å². The van der Waals surface area contributed by atoms with Gasteiger partial charge in [0.25, 0.3) is 0 Å². The number of nitrogens with one attached hydrogen (secondary N) is 1. The predicted molar refractivity (Wildman–Crippen MR) is 116 cm³/mol. The highest BCUT2D eigenvalue weighted by Gasteiger charge is 2.28. The Morgan fingerprint density at radius 2 is 2.16 bits per heavy atom. The highest BCUT2D eigenvalue weighted by atomic mass is 16.5. The maximum Gasteiger partial charge on any atom is 0.328 e. The van der Waals surface area contributed by atoms with Crippen molar-refractivity contribution in [2.24, 2.45) is 0 Å². The summed E-state index contributed by atoms with van der Waals surface area (Å²) >= 11 is 0. The maximum atomic E-state index is 12.3. The van der Waals surface area contributed by atoms with Crippen molar-refractivity contribution in [1.82, 2.24) is 24.7 Å². The summed E-state index contributed by atoms with van der Waals surface area (Å²) in [7, 11) is 0. The highest BCUT2D eigenvalue weighted by molar-refractivity contribution is 6.07. The lowest BCUT2D eigenvalue weighted by Gasteiger charge is -2.40. The van der Waals surface area contributed by atoms with Crippen LogP contribution in [-0.2, 0) is 16.1 Å². The number of piperazine rings is 1. The van der Waals surface area contributed by atoms with Crippen LogP contribution in [0.15, 0.2) is 24.5 Å². The van der Waals surface area contributed by atoms with Crippen LogP contribution in [0.4, 0.5) is 10.5 Å². The molecule has 3 amide bonds. The van der Waals surface area contributed by atoms with E-state index in [-0.39, 0.29) is 11.9 Å². The number of rotatable bonds is 5. The van der Waals surface area contributed by atoms with Crippen molar-refractivity contribution in [3.63, 3.8) is 0 Å². The van der Waals surface area contributed by atoms with E-state index in [1.54, 1.807) is 15.6 Å². The zero-order chi connectivity index (χ0) is 21.4. The van der Waals surface area contributed by atoms with Gasteiger partial charge in [-0.3, -0.25) is 24.8 Å². The van der Waals surface area contributed by atoms with Gasteiger partial charge < -0.3 is 4.74 Å². The van der Waals surface area contributed by atoms with Crippen LogP contribution in [0, 0.1) is 0 Å². The second-order valence-corrected chi connectivity index (χ2v) is 8.86.